The summed E-state index contributed by atoms with van der Waals surface area (Å²) >= 11 is 15.2. The van der Waals surface area contributed by atoms with Gasteiger partial charge in [0, 0.05) is 18.1 Å². The number of halogens is 1. The number of unbranched alkanes of at least 4 members (excludes halogenated alkanes) is 1. The molecule has 0 aliphatic rings. The molecule has 0 N–H and O–H groups in total. The van der Waals surface area contributed by atoms with Crippen LogP contribution in [0.15, 0.2) is 24.3 Å². The summed E-state index contributed by atoms with van der Waals surface area (Å²) in [6.07, 6.45) is 2.29. The monoisotopic (exact) mass is 273 g/mol. The molecule has 0 atom stereocenters. The van der Waals surface area contributed by atoms with Gasteiger partial charge in [0.05, 0.1) is 0 Å². The van der Waals surface area contributed by atoms with Gasteiger partial charge in [0.15, 0.2) is 0 Å². The van der Waals surface area contributed by atoms with E-state index < -0.39 is 0 Å². The highest BCUT2D eigenvalue weighted by molar-refractivity contribution is 8.10. The van der Waals surface area contributed by atoms with E-state index in [-0.39, 0.29) is 0 Å². The number of nitrogens with zero attached hydrogens (tertiary/aromatic N) is 1. The number of rotatable bonds is 5. The molecular formula is C12H16ClNS2. The van der Waals surface area contributed by atoms with Crippen molar-refractivity contribution in [1.29, 1.82) is 0 Å². The molecule has 0 fully saturated rings. The predicted octanol–water partition coefficient (Wildman–Crippen LogP) is 4.16. The van der Waals surface area contributed by atoms with Crippen LogP contribution in [-0.2, 0) is 6.54 Å². The maximum Gasteiger partial charge on any atom is 0.133 e. The zero-order valence-corrected chi connectivity index (χ0v) is 11.8. The van der Waals surface area contributed by atoms with Crippen molar-refractivity contribution in [3.63, 3.8) is 0 Å². The average Bonchev–Trinajstić information content (AvgIpc) is 2.26. The van der Waals surface area contributed by atoms with Crippen LogP contribution in [0, 0.1) is 0 Å². The van der Waals surface area contributed by atoms with Gasteiger partial charge in [0.2, 0.25) is 0 Å². The van der Waals surface area contributed by atoms with Crippen molar-refractivity contribution in [2.75, 3.05) is 6.54 Å². The number of hydrogen-bond acceptors (Lipinski definition) is 1. The van der Waals surface area contributed by atoms with Crippen molar-refractivity contribution >= 4 is 40.8 Å². The summed E-state index contributed by atoms with van der Waals surface area (Å²) in [4.78, 5) is 2.10. The zero-order chi connectivity index (χ0) is 12.0. The molecule has 0 saturated carbocycles. The van der Waals surface area contributed by atoms with Gasteiger partial charge in [-0.3, -0.25) is 0 Å². The molecule has 88 valence electrons. The van der Waals surface area contributed by atoms with E-state index in [1.54, 1.807) is 0 Å². The third kappa shape index (κ3) is 4.73. The van der Waals surface area contributed by atoms with Gasteiger partial charge < -0.3 is 4.90 Å². The van der Waals surface area contributed by atoms with E-state index in [0.29, 0.717) is 4.32 Å². The lowest BCUT2D eigenvalue weighted by Gasteiger charge is -2.22. The van der Waals surface area contributed by atoms with Gasteiger partial charge in [-0.1, -0.05) is 49.3 Å². The molecular weight excluding hydrogens is 258 g/mol. The standard InChI is InChI=1S/C12H16ClNS2/c1-2-3-8-14(12(15)16)9-10-4-6-11(13)7-5-10/h4-7H,2-3,8-9H2,1H3,(H,15,16). The summed E-state index contributed by atoms with van der Waals surface area (Å²) in [5.74, 6) is 0. The van der Waals surface area contributed by atoms with Gasteiger partial charge in [0.25, 0.3) is 0 Å². The molecule has 0 radical (unpaired) electrons. The number of benzene rings is 1. The van der Waals surface area contributed by atoms with Gasteiger partial charge >= 0.3 is 0 Å². The minimum Gasteiger partial charge on any atom is -0.353 e. The highest BCUT2D eigenvalue weighted by Gasteiger charge is 2.06. The lowest BCUT2D eigenvalue weighted by Crippen LogP contribution is -2.26. The van der Waals surface area contributed by atoms with Crippen LogP contribution in [0.2, 0.25) is 5.02 Å². The molecule has 1 aromatic rings. The average molecular weight is 274 g/mol. The molecule has 16 heavy (non-hydrogen) atoms. The van der Waals surface area contributed by atoms with E-state index in [0.717, 1.165) is 31.0 Å². The Labute approximate surface area is 113 Å². The van der Waals surface area contributed by atoms with Crippen LogP contribution in [-0.4, -0.2) is 15.8 Å². The molecule has 1 aromatic carbocycles. The molecule has 0 aromatic heterocycles. The summed E-state index contributed by atoms with van der Waals surface area (Å²) < 4.78 is 0.656. The normalized spacial score (nSPS) is 10.2. The van der Waals surface area contributed by atoms with Crippen molar-refractivity contribution in [2.24, 2.45) is 0 Å². The van der Waals surface area contributed by atoms with Crippen LogP contribution in [0.1, 0.15) is 25.3 Å². The molecule has 0 bridgehead atoms. The van der Waals surface area contributed by atoms with Crippen molar-refractivity contribution in [1.82, 2.24) is 4.90 Å². The maximum absolute atomic E-state index is 5.84. The summed E-state index contributed by atoms with van der Waals surface area (Å²) in [5, 5.41) is 0.761. The fourth-order valence-electron chi connectivity index (χ4n) is 1.40. The molecule has 0 aliphatic heterocycles. The van der Waals surface area contributed by atoms with Crippen molar-refractivity contribution in [3.05, 3.63) is 34.9 Å². The van der Waals surface area contributed by atoms with Gasteiger partial charge in [-0.15, -0.1) is 12.6 Å². The second kappa shape index (κ2) is 7.15. The fourth-order valence-corrected chi connectivity index (χ4v) is 1.85. The van der Waals surface area contributed by atoms with E-state index in [4.69, 9.17) is 23.8 Å². The molecule has 0 saturated heterocycles. The summed E-state index contributed by atoms with van der Waals surface area (Å²) in [6.45, 7) is 3.93. The zero-order valence-electron chi connectivity index (χ0n) is 9.32. The lowest BCUT2D eigenvalue weighted by molar-refractivity contribution is 0.416. The van der Waals surface area contributed by atoms with E-state index in [1.165, 1.54) is 5.56 Å². The molecule has 4 heteroatoms. The molecule has 0 heterocycles. The van der Waals surface area contributed by atoms with E-state index in [2.05, 4.69) is 24.5 Å². The second-order valence-electron chi connectivity index (χ2n) is 3.68. The highest BCUT2D eigenvalue weighted by Crippen LogP contribution is 2.13. The predicted molar refractivity (Wildman–Crippen MR) is 78.4 cm³/mol. The Hall–Kier alpha value is -0.250. The Morgan fingerprint density at radius 3 is 2.50 bits per heavy atom. The Morgan fingerprint density at radius 2 is 2.00 bits per heavy atom. The first kappa shape index (κ1) is 13.8. The quantitative estimate of drug-likeness (QED) is 0.634. The van der Waals surface area contributed by atoms with Gasteiger partial charge in [-0.2, -0.15) is 0 Å². The van der Waals surface area contributed by atoms with Gasteiger partial charge in [-0.05, 0) is 24.1 Å². The maximum atomic E-state index is 5.84. The molecule has 0 aliphatic carbocycles. The fraction of sp³-hybridized carbons (Fsp3) is 0.417. The number of hydrogen-bond donors (Lipinski definition) is 1. The molecule has 1 rings (SSSR count). The van der Waals surface area contributed by atoms with E-state index >= 15 is 0 Å². The Bertz CT molecular complexity index is 337. The third-order valence-electron chi connectivity index (χ3n) is 2.34. The minimum atomic E-state index is 0.656. The minimum absolute atomic E-state index is 0.656. The lowest BCUT2D eigenvalue weighted by atomic mass is 10.2. The second-order valence-corrected chi connectivity index (χ2v) is 5.23. The van der Waals surface area contributed by atoms with Gasteiger partial charge in [0.1, 0.15) is 4.32 Å². The largest absolute Gasteiger partial charge is 0.353 e. The summed E-state index contributed by atoms with van der Waals surface area (Å²) in [6, 6.07) is 7.84. The van der Waals surface area contributed by atoms with Gasteiger partial charge in [-0.25, -0.2) is 0 Å². The summed E-state index contributed by atoms with van der Waals surface area (Å²) in [5.41, 5.74) is 1.21. The highest BCUT2D eigenvalue weighted by atomic mass is 35.5. The molecule has 0 spiro atoms. The number of thiol groups is 1. The van der Waals surface area contributed by atoms with Crippen LogP contribution in [0.25, 0.3) is 0 Å². The smallest absolute Gasteiger partial charge is 0.133 e. The third-order valence-corrected chi connectivity index (χ3v) is 3.13. The molecule has 0 amide bonds. The number of thiocarbonyl (C=S) groups is 1. The first-order chi connectivity index (χ1) is 7.63. The van der Waals surface area contributed by atoms with Crippen LogP contribution >= 0.6 is 36.4 Å². The van der Waals surface area contributed by atoms with E-state index in [1.807, 2.05) is 24.3 Å². The Balaban J connectivity index is 2.60. The van der Waals surface area contributed by atoms with Crippen LogP contribution < -0.4 is 0 Å². The van der Waals surface area contributed by atoms with Crippen LogP contribution in [0.3, 0.4) is 0 Å². The van der Waals surface area contributed by atoms with Crippen molar-refractivity contribution < 1.29 is 0 Å². The Kier molecular flexibility index (Phi) is 6.17. The summed E-state index contributed by atoms with van der Waals surface area (Å²) in [7, 11) is 0. The first-order valence-corrected chi connectivity index (χ1v) is 6.59. The van der Waals surface area contributed by atoms with E-state index in [9.17, 15) is 0 Å². The molecule has 1 nitrogen and oxygen atoms in total. The van der Waals surface area contributed by atoms with Crippen LogP contribution in [0.4, 0.5) is 0 Å². The van der Waals surface area contributed by atoms with Crippen molar-refractivity contribution in [2.45, 2.75) is 26.3 Å². The first-order valence-electron chi connectivity index (χ1n) is 5.35. The van der Waals surface area contributed by atoms with Crippen LogP contribution in [0.5, 0.6) is 0 Å². The Morgan fingerprint density at radius 1 is 1.38 bits per heavy atom. The SMILES string of the molecule is CCCCN(Cc1ccc(Cl)cc1)C(=S)S. The molecule has 0 unspecified atom stereocenters. The van der Waals surface area contributed by atoms with Crippen molar-refractivity contribution in [3.8, 4) is 0 Å². The topological polar surface area (TPSA) is 3.24 Å².